The van der Waals surface area contributed by atoms with Crippen LogP contribution in [0.1, 0.15) is 23.6 Å². The number of ether oxygens (including phenoxy) is 1. The number of rotatable bonds is 5. The van der Waals surface area contributed by atoms with Gasteiger partial charge in [-0.2, -0.15) is 0 Å². The van der Waals surface area contributed by atoms with E-state index in [-0.39, 0.29) is 11.5 Å². The second kappa shape index (κ2) is 7.56. The summed E-state index contributed by atoms with van der Waals surface area (Å²) >= 11 is 0. The van der Waals surface area contributed by atoms with Crippen molar-refractivity contribution < 1.29 is 9.53 Å². The van der Waals surface area contributed by atoms with Crippen LogP contribution in [0.25, 0.3) is 0 Å². The Bertz CT molecular complexity index is 892. The Labute approximate surface area is 158 Å². The number of nitrogens with one attached hydrogen (secondary N) is 1. The van der Waals surface area contributed by atoms with Crippen molar-refractivity contribution in [3.05, 3.63) is 64.1 Å². The van der Waals surface area contributed by atoms with Gasteiger partial charge in [-0.3, -0.25) is 14.5 Å². The van der Waals surface area contributed by atoms with Gasteiger partial charge in [-0.25, -0.2) is 0 Å². The summed E-state index contributed by atoms with van der Waals surface area (Å²) in [5.41, 5.74) is 2.17. The van der Waals surface area contributed by atoms with Crippen molar-refractivity contribution in [3.8, 4) is 5.75 Å². The van der Waals surface area contributed by atoms with Gasteiger partial charge in [0.2, 0.25) is 5.91 Å². The highest BCUT2D eigenvalue weighted by atomic mass is 16.5. The van der Waals surface area contributed by atoms with Gasteiger partial charge in [0, 0.05) is 49.4 Å². The second-order valence-electron chi connectivity index (χ2n) is 7.48. The number of fused-ring (bicyclic) bond motifs is 4. The molecule has 1 N–H and O–H groups in total. The molecule has 2 aromatic rings. The van der Waals surface area contributed by atoms with Crippen LogP contribution in [0.5, 0.6) is 5.75 Å². The van der Waals surface area contributed by atoms with E-state index < -0.39 is 0 Å². The largest absolute Gasteiger partial charge is 0.496 e. The molecule has 3 heterocycles. The Morgan fingerprint density at radius 3 is 2.85 bits per heavy atom. The number of likely N-dealkylation sites (tertiary alicyclic amines) is 1. The summed E-state index contributed by atoms with van der Waals surface area (Å²) in [6.45, 7) is 3.28. The van der Waals surface area contributed by atoms with Crippen LogP contribution < -0.4 is 15.6 Å². The molecular weight excluding hydrogens is 342 g/mol. The first-order chi connectivity index (χ1) is 13.1. The fourth-order valence-corrected chi connectivity index (χ4v) is 4.43. The summed E-state index contributed by atoms with van der Waals surface area (Å²) in [5.74, 6) is 1.56. The van der Waals surface area contributed by atoms with Crippen LogP contribution in [0.2, 0.25) is 0 Å². The minimum atomic E-state index is 0.0198. The highest BCUT2D eigenvalue weighted by Crippen LogP contribution is 2.34. The van der Waals surface area contributed by atoms with Crippen LogP contribution in [0.4, 0.5) is 0 Å². The van der Waals surface area contributed by atoms with E-state index in [2.05, 4.69) is 10.2 Å². The number of methoxy groups -OCH3 is 1. The average molecular weight is 367 g/mol. The van der Waals surface area contributed by atoms with E-state index in [1.165, 1.54) is 0 Å². The van der Waals surface area contributed by atoms with Gasteiger partial charge in [-0.15, -0.1) is 0 Å². The number of amides is 1. The number of carbonyl (C=O) groups is 1. The number of nitrogens with zero attached hydrogens (tertiary/aromatic N) is 2. The Hall–Kier alpha value is -2.60. The van der Waals surface area contributed by atoms with Crippen LogP contribution in [-0.2, 0) is 17.9 Å². The molecular formula is C21H25N3O3. The molecule has 0 radical (unpaired) electrons. The number of piperidine rings is 1. The molecule has 2 aliphatic rings. The van der Waals surface area contributed by atoms with Crippen LogP contribution in [-0.4, -0.2) is 42.1 Å². The molecule has 2 bridgehead atoms. The molecule has 1 amide bonds. The van der Waals surface area contributed by atoms with Gasteiger partial charge in [0.1, 0.15) is 5.75 Å². The van der Waals surface area contributed by atoms with Gasteiger partial charge in [0.25, 0.3) is 5.56 Å². The van der Waals surface area contributed by atoms with E-state index in [1.807, 2.05) is 41.0 Å². The SMILES string of the molecule is COc1ccccc1CNC(=O)CN1C[C@@H]2C[C@H](C1)c1cccc(=O)n1C2. The highest BCUT2D eigenvalue weighted by molar-refractivity contribution is 5.78. The lowest BCUT2D eigenvalue weighted by atomic mass is 9.83. The maximum Gasteiger partial charge on any atom is 0.250 e. The molecule has 0 saturated carbocycles. The summed E-state index contributed by atoms with van der Waals surface area (Å²) < 4.78 is 7.25. The smallest absolute Gasteiger partial charge is 0.250 e. The summed E-state index contributed by atoms with van der Waals surface area (Å²) in [6, 6.07) is 13.2. The molecule has 1 saturated heterocycles. The molecule has 1 aromatic heterocycles. The third-order valence-corrected chi connectivity index (χ3v) is 5.59. The number of benzene rings is 1. The first kappa shape index (κ1) is 17.8. The maximum atomic E-state index is 12.5. The number of para-hydroxylation sites is 1. The average Bonchev–Trinajstić information content (AvgIpc) is 2.67. The fraction of sp³-hybridized carbons (Fsp3) is 0.429. The quantitative estimate of drug-likeness (QED) is 0.872. The lowest BCUT2D eigenvalue weighted by Gasteiger charge is -2.42. The molecule has 0 aliphatic carbocycles. The van der Waals surface area contributed by atoms with E-state index >= 15 is 0 Å². The first-order valence-corrected chi connectivity index (χ1v) is 9.44. The van der Waals surface area contributed by atoms with E-state index in [1.54, 1.807) is 13.2 Å². The molecule has 6 nitrogen and oxygen atoms in total. The minimum Gasteiger partial charge on any atom is -0.496 e. The minimum absolute atomic E-state index is 0.0198. The van der Waals surface area contributed by atoms with Gasteiger partial charge in [-0.05, 0) is 24.5 Å². The summed E-state index contributed by atoms with van der Waals surface area (Å²) in [4.78, 5) is 26.8. The van der Waals surface area contributed by atoms with Crippen LogP contribution >= 0.6 is 0 Å². The zero-order chi connectivity index (χ0) is 18.8. The van der Waals surface area contributed by atoms with Gasteiger partial charge < -0.3 is 14.6 Å². The van der Waals surface area contributed by atoms with Crippen LogP contribution in [0.3, 0.4) is 0 Å². The van der Waals surface area contributed by atoms with E-state index in [9.17, 15) is 9.59 Å². The molecule has 2 aliphatic heterocycles. The Morgan fingerprint density at radius 1 is 1.15 bits per heavy atom. The Balaban J connectivity index is 1.37. The number of carbonyl (C=O) groups excluding carboxylic acids is 1. The molecule has 0 unspecified atom stereocenters. The van der Waals surface area contributed by atoms with E-state index in [4.69, 9.17) is 4.74 Å². The highest BCUT2D eigenvalue weighted by Gasteiger charge is 2.34. The molecule has 142 valence electrons. The number of hydrogen-bond donors (Lipinski definition) is 1. The predicted molar refractivity (Wildman–Crippen MR) is 103 cm³/mol. The maximum absolute atomic E-state index is 12.5. The van der Waals surface area contributed by atoms with E-state index in [0.717, 1.165) is 43.1 Å². The zero-order valence-corrected chi connectivity index (χ0v) is 15.6. The van der Waals surface area contributed by atoms with Gasteiger partial charge >= 0.3 is 0 Å². The molecule has 0 spiro atoms. The molecule has 6 heteroatoms. The first-order valence-electron chi connectivity index (χ1n) is 9.44. The van der Waals surface area contributed by atoms with Crippen molar-refractivity contribution >= 4 is 5.91 Å². The number of pyridine rings is 1. The lowest BCUT2D eigenvalue weighted by molar-refractivity contribution is -0.123. The summed E-state index contributed by atoms with van der Waals surface area (Å²) in [7, 11) is 1.64. The Morgan fingerprint density at radius 2 is 2.00 bits per heavy atom. The molecule has 1 aromatic carbocycles. The van der Waals surface area contributed by atoms with Gasteiger partial charge in [-0.1, -0.05) is 24.3 Å². The zero-order valence-electron chi connectivity index (χ0n) is 15.6. The lowest BCUT2D eigenvalue weighted by Crippen LogP contribution is -2.49. The predicted octanol–water partition coefficient (Wildman–Crippen LogP) is 1.59. The molecule has 2 atom stereocenters. The fourth-order valence-electron chi connectivity index (χ4n) is 4.43. The molecule has 27 heavy (non-hydrogen) atoms. The third kappa shape index (κ3) is 3.76. The molecule has 4 rings (SSSR count). The van der Waals surface area contributed by atoms with Crippen molar-refractivity contribution in [1.29, 1.82) is 0 Å². The normalized spacial score (nSPS) is 21.4. The second-order valence-corrected chi connectivity index (χ2v) is 7.48. The number of aromatic nitrogens is 1. The van der Waals surface area contributed by atoms with Crippen molar-refractivity contribution in [2.45, 2.75) is 25.4 Å². The number of hydrogen-bond acceptors (Lipinski definition) is 4. The topological polar surface area (TPSA) is 63.6 Å². The standard InChI is InChI=1S/C21H25N3O3/c1-27-19-7-3-2-5-16(19)10-22-20(25)14-23-11-15-9-17(13-23)18-6-4-8-21(26)24(18)12-15/h2-8,15,17H,9-14H2,1H3,(H,22,25)/t15-,17+/m0/s1. The van der Waals surface area contributed by atoms with Crippen LogP contribution in [0, 0.1) is 5.92 Å². The van der Waals surface area contributed by atoms with Gasteiger partial charge in [0.15, 0.2) is 0 Å². The van der Waals surface area contributed by atoms with Crippen molar-refractivity contribution in [1.82, 2.24) is 14.8 Å². The Kier molecular flexibility index (Phi) is 4.99. The summed E-state index contributed by atoms with van der Waals surface area (Å²) in [5, 5.41) is 3.00. The molecule has 1 fully saturated rings. The van der Waals surface area contributed by atoms with Gasteiger partial charge in [0.05, 0.1) is 13.7 Å². The van der Waals surface area contributed by atoms with Crippen molar-refractivity contribution in [3.63, 3.8) is 0 Å². The van der Waals surface area contributed by atoms with E-state index in [0.29, 0.717) is 24.9 Å². The monoisotopic (exact) mass is 367 g/mol. The van der Waals surface area contributed by atoms with Crippen molar-refractivity contribution in [2.24, 2.45) is 5.92 Å². The third-order valence-electron chi connectivity index (χ3n) is 5.59. The van der Waals surface area contributed by atoms with Crippen molar-refractivity contribution in [2.75, 3.05) is 26.7 Å². The summed E-state index contributed by atoms with van der Waals surface area (Å²) in [6.07, 6.45) is 1.10. The van der Waals surface area contributed by atoms with Crippen LogP contribution in [0.15, 0.2) is 47.3 Å².